The SMILES string of the molecule is CC1CC(NC(=O)c2ccc3c(c2)C(=O)N(Cc2ccccc2)C3=O)CCN1.Cl. The Bertz CT molecular complexity index is 932. The van der Waals surface area contributed by atoms with Crippen LogP contribution in [0, 0.1) is 0 Å². The average Bonchev–Trinajstić information content (AvgIpc) is 2.93. The first kappa shape index (κ1) is 21.0. The van der Waals surface area contributed by atoms with Crippen LogP contribution in [0.3, 0.4) is 0 Å². The van der Waals surface area contributed by atoms with Gasteiger partial charge in [-0.2, -0.15) is 0 Å². The highest BCUT2D eigenvalue weighted by Crippen LogP contribution is 2.26. The normalized spacial score (nSPS) is 20.8. The quantitative estimate of drug-likeness (QED) is 0.755. The van der Waals surface area contributed by atoms with Crippen LogP contribution in [0.1, 0.15) is 56.4 Å². The van der Waals surface area contributed by atoms with Gasteiger partial charge in [-0.3, -0.25) is 19.3 Å². The zero-order chi connectivity index (χ0) is 19.7. The summed E-state index contributed by atoms with van der Waals surface area (Å²) < 4.78 is 0. The van der Waals surface area contributed by atoms with Crippen molar-refractivity contribution in [3.05, 3.63) is 70.8 Å². The number of imide groups is 1. The molecule has 2 N–H and O–H groups in total. The third-order valence-corrected chi connectivity index (χ3v) is 5.38. The number of amides is 3. The number of nitrogens with zero attached hydrogens (tertiary/aromatic N) is 1. The standard InChI is InChI=1S/C22H23N3O3.ClH/c1-14-11-17(9-10-23-14)24-20(26)16-7-8-18-19(12-16)22(28)25(21(18)27)13-15-5-3-2-4-6-15;/h2-8,12,14,17,23H,9-11,13H2,1H3,(H,24,26);1H. The molecule has 0 spiro atoms. The van der Waals surface area contributed by atoms with Crippen molar-refractivity contribution in [1.82, 2.24) is 15.5 Å². The molecule has 0 saturated carbocycles. The van der Waals surface area contributed by atoms with Gasteiger partial charge in [-0.05, 0) is 50.1 Å². The minimum absolute atomic E-state index is 0. The van der Waals surface area contributed by atoms with Gasteiger partial charge in [0.25, 0.3) is 17.7 Å². The summed E-state index contributed by atoms with van der Waals surface area (Å²) in [6, 6.07) is 14.6. The molecule has 0 aromatic heterocycles. The number of rotatable bonds is 4. The van der Waals surface area contributed by atoms with Gasteiger partial charge >= 0.3 is 0 Å². The third kappa shape index (κ3) is 4.33. The van der Waals surface area contributed by atoms with E-state index in [1.54, 1.807) is 18.2 Å². The Morgan fingerprint density at radius 1 is 1.10 bits per heavy atom. The van der Waals surface area contributed by atoms with E-state index in [0.717, 1.165) is 24.9 Å². The number of fused-ring (bicyclic) bond motifs is 1. The minimum atomic E-state index is -0.353. The lowest BCUT2D eigenvalue weighted by molar-refractivity contribution is 0.0642. The number of carbonyl (C=O) groups is 3. The van der Waals surface area contributed by atoms with Crippen LogP contribution in [0.2, 0.25) is 0 Å². The van der Waals surface area contributed by atoms with Gasteiger partial charge in [0.2, 0.25) is 0 Å². The fraction of sp³-hybridized carbons (Fsp3) is 0.318. The zero-order valence-electron chi connectivity index (χ0n) is 16.2. The first-order valence-corrected chi connectivity index (χ1v) is 9.61. The van der Waals surface area contributed by atoms with Crippen LogP contribution >= 0.6 is 12.4 Å². The number of halogens is 1. The predicted molar refractivity (Wildman–Crippen MR) is 112 cm³/mol. The highest BCUT2D eigenvalue weighted by Gasteiger charge is 2.36. The Balaban J connectivity index is 0.00000240. The van der Waals surface area contributed by atoms with Crippen molar-refractivity contribution < 1.29 is 14.4 Å². The van der Waals surface area contributed by atoms with E-state index in [2.05, 4.69) is 17.6 Å². The molecule has 3 amide bonds. The summed E-state index contributed by atoms with van der Waals surface area (Å²) in [5, 5.41) is 6.40. The van der Waals surface area contributed by atoms with E-state index in [9.17, 15) is 14.4 Å². The number of benzene rings is 2. The van der Waals surface area contributed by atoms with Crippen LogP contribution in [0.4, 0.5) is 0 Å². The van der Waals surface area contributed by atoms with Gasteiger partial charge in [0.05, 0.1) is 17.7 Å². The van der Waals surface area contributed by atoms with E-state index < -0.39 is 0 Å². The predicted octanol–water partition coefficient (Wildman–Crippen LogP) is 2.77. The second-order valence-corrected chi connectivity index (χ2v) is 7.49. The molecule has 2 unspecified atom stereocenters. The monoisotopic (exact) mass is 413 g/mol. The molecule has 152 valence electrons. The molecule has 7 heteroatoms. The van der Waals surface area contributed by atoms with Gasteiger partial charge in [0, 0.05) is 17.6 Å². The number of carbonyl (C=O) groups excluding carboxylic acids is 3. The summed E-state index contributed by atoms with van der Waals surface area (Å²) >= 11 is 0. The maximum absolute atomic E-state index is 12.8. The Morgan fingerprint density at radius 2 is 1.83 bits per heavy atom. The molecular formula is C22H24ClN3O3. The molecule has 29 heavy (non-hydrogen) atoms. The largest absolute Gasteiger partial charge is 0.349 e. The molecule has 2 heterocycles. The van der Waals surface area contributed by atoms with Crippen molar-refractivity contribution >= 4 is 30.1 Å². The smallest absolute Gasteiger partial charge is 0.261 e. The Labute approximate surface area is 176 Å². The molecule has 1 fully saturated rings. The van der Waals surface area contributed by atoms with E-state index in [1.165, 1.54) is 4.90 Å². The molecule has 0 radical (unpaired) electrons. The van der Waals surface area contributed by atoms with Gasteiger partial charge in [0.1, 0.15) is 0 Å². The molecular weight excluding hydrogens is 390 g/mol. The van der Waals surface area contributed by atoms with Crippen molar-refractivity contribution in [1.29, 1.82) is 0 Å². The molecule has 2 aliphatic rings. The van der Waals surface area contributed by atoms with Crippen molar-refractivity contribution in [3.8, 4) is 0 Å². The summed E-state index contributed by atoms with van der Waals surface area (Å²) in [5.74, 6) is -0.874. The molecule has 4 rings (SSSR count). The lowest BCUT2D eigenvalue weighted by Crippen LogP contribution is -2.46. The Hall–Kier alpha value is -2.70. The summed E-state index contributed by atoms with van der Waals surface area (Å²) in [5.41, 5.74) is 1.95. The van der Waals surface area contributed by atoms with Crippen LogP contribution in [0.5, 0.6) is 0 Å². The van der Waals surface area contributed by atoms with Gasteiger partial charge < -0.3 is 10.6 Å². The topological polar surface area (TPSA) is 78.5 Å². The molecule has 2 atom stereocenters. The van der Waals surface area contributed by atoms with Crippen LogP contribution in [-0.4, -0.2) is 41.2 Å². The molecule has 0 aliphatic carbocycles. The highest BCUT2D eigenvalue weighted by molar-refractivity contribution is 6.22. The van der Waals surface area contributed by atoms with E-state index in [4.69, 9.17) is 0 Å². The summed E-state index contributed by atoms with van der Waals surface area (Å²) in [4.78, 5) is 39.3. The summed E-state index contributed by atoms with van der Waals surface area (Å²) in [6.45, 7) is 3.19. The van der Waals surface area contributed by atoms with E-state index in [-0.39, 0.29) is 42.7 Å². The zero-order valence-corrected chi connectivity index (χ0v) is 17.0. The molecule has 0 bridgehead atoms. The van der Waals surface area contributed by atoms with Gasteiger partial charge in [-0.1, -0.05) is 30.3 Å². The van der Waals surface area contributed by atoms with Crippen molar-refractivity contribution in [3.63, 3.8) is 0 Å². The molecule has 1 saturated heterocycles. The maximum atomic E-state index is 12.8. The second kappa shape index (κ2) is 8.76. The molecule has 2 aliphatic heterocycles. The van der Waals surface area contributed by atoms with Crippen LogP contribution < -0.4 is 10.6 Å². The fourth-order valence-corrected chi connectivity index (χ4v) is 3.87. The van der Waals surface area contributed by atoms with E-state index in [1.807, 2.05) is 30.3 Å². The average molecular weight is 414 g/mol. The molecule has 2 aromatic rings. The first-order chi connectivity index (χ1) is 13.5. The van der Waals surface area contributed by atoms with Crippen LogP contribution in [-0.2, 0) is 6.54 Å². The number of hydrogen-bond donors (Lipinski definition) is 2. The van der Waals surface area contributed by atoms with Gasteiger partial charge in [-0.15, -0.1) is 12.4 Å². The van der Waals surface area contributed by atoms with Crippen molar-refractivity contribution in [2.75, 3.05) is 6.54 Å². The van der Waals surface area contributed by atoms with Crippen molar-refractivity contribution in [2.45, 2.75) is 38.4 Å². The second-order valence-electron chi connectivity index (χ2n) is 7.49. The molecule has 2 aromatic carbocycles. The number of nitrogens with one attached hydrogen (secondary N) is 2. The summed E-state index contributed by atoms with van der Waals surface area (Å²) in [6.07, 6.45) is 1.75. The Morgan fingerprint density at radius 3 is 2.55 bits per heavy atom. The maximum Gasteiger partial charge on any atom is 0.261 e. The van der Waals surface area contributed by atoms with E-state index in [0.29, 0.717) is 22.7 Å². The van der Waals surface area contributed by atoms with E-state index >= 15 is 0 Å². The van der Waals surface area contributed by atoms with Gasteiger partial charge in [-0.25, -0.2) is 0 Å². The lowest BCUT2D eigenvalue weighted by Gasteiger charge is -2.28. The lowest BCUT2D eigenvalue weighted by atomic mass is 9.99. The van der Waals surface area contributed by atoms with Crippen LogP contribution in [0.25, 0.3) is 0 Å². The highest BCUT2D eigenvalue weighted by atomic mass is 35.5. The summed E-state index contributed by atoms with van der Waals surface area (Å²) in [7, 11) is 0. The number of piperidine rings is 1. The molecule has 6 nitrogen and oxygen atoms in total. The van der Waals surface area contributed by atoms with Crippen LogP contribution in [0.15, 0.2) is 48.5 Å². The van der Waals surface area contributed by atoms with Gasteiger partial charge in [0.15, 0.2) is 0 Å². The third-order valence-electron chi connectivity index (χ3n) is 5.38. The Kier molecular flexibility index (Phi) is 6.35. The minimum Gasteiger partial charge on any atom is -0.349 e. The van der Waals surface area contributed by atoms with Crippen molar-refractivity contribution in [2.24, 2.45) is 0 Å². The fourth-order valence-electron chi connectivity index (χ4n) is 3.87. The number of hydrogen-bond acceptors (Lipinski definition) is 4. The first-order valence-electron chi connectivity index (χ1n) is 9.61.